The molecule has 31 heavy (non-hydrogen) atoms. The van der Waals surface area contributed by atoms with Crippen LogP contribution >= 0.6 is 0 Å². The van der Waals surface area contributed by atoms with E-state index in [1.807, 2.05) is 25.6 Å². The number of nitrogens with zero attached hydrogens (tertiary/aromatic N) is 4. The van der Waals surface area contributed by atoms with Crippen LogP contribution in [0.1, 0.15) is 42.2 Å². The van der Waals surface area contributed by atoms with Gasteiger partial charge in [0.15, 0.2) is 5.96 Å². The number of aliphatic imine (C=N–C) groups is 1. The molecule has 4 rings (SSSR count). The average Bonchev–Trinajstić information content (AvgIpc) is 3.52. The first-order valence-electron chi connectivity index (χ1n) is 11.1. The van der Waals surface area contributed by atoms with Crippen LogP contribution < -0.4 is 10.6 Å². The molecule has 0 saturated carbocycles. The number of guanidine groups is 1. The first-order valence-corrected chi connectivity index (χ1v) is 11.1. The van der Waals surface area contributed by atoms with Gasteiger partial charge in [-0.15, -0.1) is 0 Å². The summed E-state index contributed by atoms with van der Waals surface area (Å²) in [5.74, 6) is 1.81. The highest BCUT2D eigenvalue weighted by molar-refractivity contribution is 5.79. The molecule has 1 fully saturated rings. The van der Waals surface area contributed by atoms with Crippen molar-refractivity contribution < 1.29 is 4.42 Å². The summed E-state index contributed by atoms with van der Waals surface area (Å²) in [4.78, 5) is 11.0. The van der Waals surface area contributed by atoms with Crippen molar-refractivity contribution >= 4 is 5.96 Å². The van der Waals surface area contributed by atoms with Crippen LogP contribution in [0.5, 0.6) is 0 Å². The smallest absolute Gasteiger partial charge is 0.191 e. The lowest BCUT2D eigenvalue weighted by Crippen LogP contribution is -2.44. The van der Waals surface area contributed by atoms with E-state index in [2.05, 4.69) is 60.4 Å². The molecule has 3 heterocycles. The molecule has 1 saturated heterocycles. The van der Waals surface area contributed by atoms with Crippen LogP contribution in [-0.4, -0.2) is 47.1 Å². The van der Waals surface area contributed by atoms with Gasteiger partial charge < -0.3 is 19.6 Å². The topological polar surface area (TPSA) is 70.6 Å². The Bertz CT molecular complexity index is 912. The van der Waals surface area contributed by atoms with Crippen molar-refractivity contribution in [3.63, 3.8) is 0 Å². The van der Waals surface area contributed by atoms with Crippen LogP contribution in [0.4, 0.5) is 0 Å². The number of rotatable bonds is 8. The maximum Gasteiger partial charge on any atom is 0.191 e. The fourth-order valence-corrected chi connectivity index (χ4v) is 4.07. The Labute approximate surface area is 184 Å². The monoisotopic (exact) mass is 420 g/mol. The van der Waals surface area contributed by atoms with Gasteiger partial charge in [-0.2, -0.15) is 0 Å². The van der Waals surface area contributed by atoms with E-state index >= 15 is 0 Å². The molecular weight excluding hydrogens is 388 g/mol. The summed E-state index contributed by atoms with van der Waals surface area (Å²) in [6.45, 7) is 4.55. The quantitative estimate of drug-likeness (QED) is 0.432. The number of piperidine rings is 1. The highest BCUT2D eigenvalue weighted by Crippen LogP contribution is 2.24. The van der Waals surface area contributed by atoms with Crippen molar-refractivity contribution in [3.05, 3.63) is 78.3 Å². The predicted molar refractivity (Wildman–Crippen MR) is 123 cm³/mol. The maximum atomic E-state index is 5.75. The average molecular weight is 421 g/mol. The van der Waals surface area contributed by atoms with Crippen LogP contribution in [-0.2, 0) is 13.1 Å². The normalized spacial score (nSPS) is 16.2. The molecule has 1 unspecified atom stereocenters. The molecule has 0 radical (unpaired) electrons. The third kappa shape index (κ3) is 5.98. The lowest BCUT2D eigenvalue weighted by atomic mass is 10.1. The van der Waals surface area contributed by atoms with E-state index in [-0.39, 0.29) is 6.04 Å². The molecule has 0 amide bonds. The van der Waals surface area contributed by atoms with Crippen LogP contribution in [0.15, 0.2) is 70.8 Å². The molecule has 3 aromatic rings. The number of furan rings is 1. The second-order valence-corrected chi connectivity index (χ2v) is 7.99. The molecule has 1 aliphatic heterocycles. The zero-order chi connectivity index (χ0) is 21.3. The van der Waals surface area contributed by atoms with Crippen molar-refractivity contribution in [2.45, 2.75) is 38.4 Å². The van der Waals surface area contributed by atoms with E-state index in [0.717, 1.165) is 44.4 Å². The van der Waals surface area contributed by atoms with Gasteiger partial charge in [0.25, 0.3) is 0 Å². The minimum Gasteiger partial charge on any atom is -0.468 e. The molecule has 2 N–H and O–H groups in total. The Kier molecular flexibility index (Phi) is 7.39. The standard InChI is InChI=1S/C24H32N6O/c1-25-24(27-16-20-7-9-21(10-8-20)18-29-14-11-26-19-29)28-17-22(23-6-5-15-31-23)30-12-3-2-4-13-30/h5-11,14-15,19,22H,2-4,12-13,16-18H2,1H3,(H2,25,27,28). The number of hydrogen-bond acceptors (Lipinski definition) is 4. The minimum absolute atomic E-state index is 0.219. The van der Waals surface area contributed by atoms with Gasteiger partial charge in [-0.3, -0.25) is 9.89 Å². The van der Waals surface area contributed by atoms with Gasteiger partial charge in [0.2, 0.25) is 0 Å². The first-order chi connectivity index (χ1) is 15.3. The van der Waals surface area contributed by atoms with E-state index in [4.69, 9.17) is 4.42 Å². The number of nitrogens with one attached hydrogen (secondary N) is 2. The second-order valence-electron chi connectivity index (χ2n) is 7.99. The first kappa shape index (κ1) is 21.2. The van der Waals surface area contributed by atoms with Gasteiger partial charge in [0.05, 0.1) is 18.6 Å². The van der Waals surface area contributed by atoms with Gasteiger partial charge in [-0.25, -0.2) is 4.98 Å². The summed E-state index contributed by atoms with van der Waals surface area (Å²) < 4.78 is 7.81. The molecule has 7 nitrogen and oxygen atoms in total. The summed E-state index contributed by atoms with van der Waals surface area (Å²) >= 11 is 0. The van der Waals surface area contributed by atoms with Gasteiger partial charge in [-0.05, 0) is 49.2 Å². The Hall–Kier alpha value is -3.06. The number of hydrogen-bond donors (Lipinski definition) is 2. The fourth-order valence-electron chi connectivity index (χ4n) is 4.07. The summed E-state index contributed by atoms with van der Waals surface area (Å²) in [7, 11) is 1.81. The lowest BCUT2D eigenvalue weighted by Gasteiger charge is -2.33. The summed E-state index contributed by atoms with van der Waals surface area (Å²) in [5.41, 5.74) is 2.48. The summed E-state index contributed by atoms with van der Waals surface area (Å²) in [6.07, 6.45) is 11.2. The van der Waals surface area contributed by atoms with Crippen molar-refractivity contribution in [2.24, 2.45) is 4.99 Å². The molecule has 164 valence electrons. The Morgan fingerprint density at radius 1 is 1.10 bits per heavy atom. The van der Waals surface area contributed by atoms with Crippen molar-refractivity contribution in [1.29, 1.82) is 0 Å². The van der Waals surface area contributed by atoms with Crippen molar-refractivity contribution in [1.82, 2.24) is 25.1 Å². The van der Waals surface area contributed by atoms with Gasteiger partial charge in [-0.1, -0.05) is 30.7 Å². The molecule has 0 aliphatic carbocycles. The fraction of sp³-hybridized carbons (Fsp3) is 0.417. The Morgan fingerprint density at radius 2 is 1.90 bits per heavy atom. The van der Waals surface area contributed by atoms with Gasteiger partial charge >= 0.3 is 0 Å². The van der Waals surface area contributed by atoms with Gasteiger partial charge in [0, 0.05) is 39.1 Å². The molecule has 7 heteroatoms. The SMILES string of the molecule is CN=C(NCc1ccc(Cn2ccnc2)cc1)NCC(c1ccco1)N1CCCCC1. The largest absolute Gasteiger partial charge is 0.468 e. The molecule has 1 aromatic carbocycles. The third-order valence-electron chi connectivity index (χ3n) is 5.80. The number of likely N-dealkylation sites (tertiary alicyclic amines) is 1. The summed E-state index contributed by atoms with van der Waals surface area (Å²) in [5, 5.41) is 6.92. The zero-order valence-electron chi connectivity index (χ0n) is 18.2. The van der Waals surface area contributed by atoms with Crippen molar-refractivity contribution in [2.75, 3.05) is 26.7 Å². The second kappa shape index (κ2) is 10.8. The van der Waals surface area contributed by atoms with Gasteiger partial charge in [0.1, 0.15) is 5.76 Å². The highest BCUT2D eigenvalue weighted by Gasteiger charge is 2.24. The Balaban J connectivity index is 1.29. The third-order valence-corrected chi connectivity index (χ3v) is 5.80. The highest BCUT2D eigenvalue weighted by atomic mass is 16.3. The van der Waals surface area contributed by atoms with Crippen LogP contribution in [0.25, 0.3) is 0 Å². The van der Waals surface area contributed by atoms with Crippen LogP contribution in [0.2, 0.25) is 0 Å². The number of benzene rings is 1. The number of aromatic nitrogens is 2. The molecule has 0 spiro atoms. The number of imidazole rings is 1. The lowest BCUT2D eigenvalue weighted by molar-refractivity contribution is 0.146. The zero-order valence-corrected chi connectivity index (χ0v) is 18.2. The molecule has 2 aromatic heterocycles. The maximum absolute atomic E-state index is 5.75. The van der Waals surface area contributed by atoms with E-state index in [0.29, 0.717) is 0 Å². The van der Waals surface area contributed by atoms with Crippen molar-refractivity contribution in [3.8, 4) is 0 Å². The molecule has 1 aliphatic rings. The predicted octanol–water partition coefficient (Wildman–Crippen LogP) is 3.42. The summed E-state index contributed by atoms with van der Waals surface area (Å²) in [6, 6.07) is 12.9. The Morgan fingerprint density at radius 3 is 2.58 bits per heavy atom. The van der Waals surface area contributed by atoms with Crippen LogP contribution in [0.3, 0.4) is 0 Å². The van der Waals surface area contributed by atoms with Crippen LogP contribution in [0, 0.1) is 0 Å². The van der Waals surface area contributed by atoms with E-state index in [1.165, 1.54) is 30.4 Å². The van der Waals surface area contributed by atoms with E-state index in [1.54, 1.807) is 12.5 Å². The van der Waals surface area contributed by atoms with E-state index in [9.17, 15) is 0 Å². The molecule has 0 bridgehead atoms. The van der Waals surface area contributed by atoms with E-state index < -0.39 is 0 Å². The minimum atomic E-state index is 0.219. The molecular formula is C24H32N6O. The molecule has 1 atom stereocenters.